The lowest BCUT2D eigenvalue weighted by Crippen LogP contribution is -2.21. The molecule has 1 aromatic carbocycles. The average Bonchev–Trinajstić information content (AvgIpc) is 2.73. The van der Waals surface area contributed by atoms with Gasteiger partial charge in [0.15, 0.2) is 0 Å². The Morgan fingerprint density at radius 3 is 3.05 bits per heavy atom. The summed E-state index contributed by atoms with van der Waals surface area (Å²) >= 11 is 5.76. The zero-order valence-electron chi connectivity index (χ0n) is 11.1. The van der Waals surface area contributed by atoms with E-state index in [0.29, 0.717) is 23.5 Å². The summed E-state index contributed by atoms with van der Waals surface area (Å²) in [6, 6.07) is 2.90. The minimum Gasteiger partial charge on any atom is -0.378 e. The highest BCUT2D eigenvalue weighted by Gasteiger charge is 2.16. The molecule has 0 spiro atoms. The van der Waals surface area contributed by atoms with Crippen LogP contribution in [0, 0.1) is 5.82 Å². The number of aryl methyl sites for hydroxylation is 1. The SMILES string of the molecule is Nc1nc2cc(Cl)c(F)cc2n1CCC1CCCCO1. The maximum Gasteiger partial charge on any atom is 0.201 e. The quantitative estimate of drug-likeness (QED) is 0.945. The number of halogens is 2. The fourth-order valence-electron chi connectivity index (χ4n) is 2.68. The van der Waals surface area contributed by atoms with E-state index in [-0.39, 0.29) is 11.1 Å². The molecule has 3 rings (SSSR count). The predicted octanol–water partition coefficient (Wildman–Crippen LogP) is 3.37. The molecule has 0 radical (unpaired) electrons. The Kier molecular flexibility index (Phi) is 3.81. The lowest BCUT2D eigenvalue weighted by molar-refractivity contribution is 0.00906. The van der Waals surface area contributed by atoms with Crippen LogP contribution in [0.3, 0.4) is 0 Å². The van der Waals surface area contributed by atoms with Crippen LogP contribution in [-0.2, 0) is 11.3 Å². The molecule has 6 heteroatoms. The molecule has 0 aliphatic carbocycles. The first-order valence-corrected chi connectivity index (χ1v) is 7.25. The number of nitrogen functional groups attached to an aromatic ring is 1. The van der Waals surface area contributed by atoms with Gasteiger partial charge in [0.25, 0.3) is 0 Å². The van der Waals surface area contributed by atoms with Crippen LogP contribution >= 0.6 is 11.6 Å². The number of fused-ring (bicyclic) bond motifs is 1. The molecule has 4 nitrogen and oxygen atoms in total. The molecule has 1 fully saturated rings. The molecule has 1 saturated heterocycles. The number of anilines is 1. The van der Waals surface area contributed by atoms with Gasteiger partial charge < -0.3 is 15.0 Å². The summed E-state index contributed by atoms with van der Waals surface area (Å²) in [5.74, 6) is -0.0632. The van der Waals surface area contributed by atoms with E-state index in [1.807, 2.05) is 4.57 Å². The van der Waals surface area contributed by atoms with Crippen molar-refractivity contribution in [2.24, 2.45) is 0 Å². The third-order valence-electron chi connectivity index (χ3n) is 3.77. The molecule has 1 atom stereocenters. The average molecular weight is 298 g/mol. The van der Waals surface area contributed by atoms with Crippen molar-refractivity contribution >= 4 is 28.6 Å². The molecule has 1 unspecified atom stereocenters. The number of benzene rings is 1. The molecule has 0 bridgehead atoms. The Balaban J connectivity index is 1.83. The number of rotatable bonds is 3. The van der Waals surface area contributed by atoms with Gasteiger partial charge in [0, 0.05) is 19.2 Å². The summed E-state index contributed by atoms with van der Waals surface area (Å²) in [7, 11) is 0. The number of nitrogens with two attached hydrogens (primary N) is 1. The van der Waals surface area contributed by atoms with Crippen molar-refractivity contribution in [1.82, 2.24) is 9.55 Å². The van der Waals surface area contributed by atoms with Crippen molar-refractivity contribution in [3.63, 3.8) is 0 Å². The van der Waals surface area contributed by atoms with Gasteiger partial charge in [-0.1, -0.05) is 11.6 Å². The smallest absolute Gasteiger partial charge is 0.201 e. The molecule has 1 aliphatic heterocycles. The zero-order valence-corrected chi connectivity index (χ0v) is 11.9. The molecule has 108 valence electrons. The van der Waals surface area contributed by atoms with Crippen LogP contribution < -0.4 is 5.73 Å². The summed E-state index contributed by atoms with van der Waals surface area (Å²) in [6.07, 6.45) is 4.54. The summed E-state index contributed by atoms with van der Waals surface area (Å²) in [5.41, 5.74) is 7.22. The van der Waals surface area contributed by atoms with Crippen molar-refractivity contribution < 1.29 is 9.13 Å². The third-order valence-corrected chi connectivity index (χ3v) is 4.06. The van der Waals surface area contributed by atoms with Crippen LogP contribution in [0.5, 0.6) is 0 Å². The van der Waals surface area contributed by atoms with E-state index in [1.54, 1.807) is 0 Å². The number of ether oxygens (including phenoxy) is 1. The number of nitrogens with zero attached hydrogens (tertiary/aromatic N) is 2. The summed E-state index contributed by atoms with van der Waals surface area (Å²) in [4.78, 5) is 4.23. The van der Waals surface area contributed by atoms with Gasteiger partial charge in [-0.2, -0.15) is 0 Å². The van der Waals surface area contributed by atoms with E-state index in [2.05, 4.69) is 4.98 Å². The highest BCUT2D eigenvalue weighted by atomic mass is 35.5. The van der Waals surface area contributed by atoms with Crippen molar-refractivity contribution in [3.05, 3.63) is 23.0 Å². The van der Waals surface area contributed by atoms with Crippen molar-refractivity contribution in [3.8, 4) is 0 Å². The molecule has 20 heavy (non-hydrogen) atoms. The number of hydrogen-bond donors (Lipinski definition) is 1. The van der Waals surface area contributed by atoms with Crippen molar-refractivity contribution in [2.75, 3.05) is 12.3 Å². The van der Waals surface area contributed by atoms with Gasteiger partial charge in [0.1, 0.15) is 5.82 Å². The normalized spacial score (nSPS) is 19.6. The monoisotopic (exact) mass is 297 g/mol. The van der Waals surface area contributed by atoms with Gasteiger partial charge in [-0.25, -0.2) is 9.37 Å². The van der Waals surface area contributed by atoms with E-state index >= 15 is 0 Å². The Morgan fingerprint density at radius 2 is 2.30 bits per heavy atom. The van der Waals surface area contributed by atoms with E-state index in [9.17, 15) is 4.39 Å². The fraction of sp³-hybridized carbons (Fsp3) is 0.500. The Bertz CT molecular complexity index is 622. The topological polar surface area (TPSA) is 53.1 Å². The van der Waals surface area contributed by atoms with E-state index in [1.165, 1.54) is 18.6 Å². The predicted molar refractivity (Wildman–Crippen MR) is 77.3 cm³/mol. The minimum atomic E-state index is -0.450. The lowest BCUT2D eigenvalue weighted by Gasteiger charge is -2.22. The van der Waals surface area contributed by atoms with Gasteiger partial charge in [0.2, 0.25) is 5.95 Å². The highest BCUT2D eigenvalue weighted by molar-refractivity contribution is 6.31. The third kappa shape index (κ3) is 2.60. The number of imidazole rings is 1. The first-order chi connectivity index (χ1) is 9.65. The standard InChI is InChI=1S/C14H17ClFN3O/c15-10-7-12-13(8-11(10)16)19(14(17)18-12)5-4-9-3-1-2-6-20-9/h7-9H,1-6H2,(H2,17,18). The second kappa shape index (κ2) is 5.58. The van der Waals surface area contributed by atoms with Crippen LogP contribution in [0.25, 0.3) is 11.0 Å². The van der Waals surface area contributed by atoms with Gasteiger partial charge in [-0.15, -0.1) is 0 Å². The summed E-state index contributed by atoms with van der Waals surface area (Å²) < 4.78 is 21.1. The minimum absolute atomic E-state index is 0.0674. The van der Waals surface area contributed by atoms with E-state index in [4.69, 9.17) is 22.1 Å². The van der Waals surface area contributed by atoms with Crippen LogP contribution in [0.4, 0.5) is 10.3 Å². The molecule has 1 aromatic heterocycles. The second-order valence-corrected chi connectivity index (χ2v) is 5.56. The fourth-order valence-corrected chi connectivity index (χ4v) is 2.84. The first kappa shape index (κ1) is 13.6. The Morgan fingerprint density at radius 1 is 1.45 bits per heavy atom. The molecule has 2 N–H and O–H groups in total. The number of aromatic nitrogens is 2. The van der Waals surface area contributed by atoms with Crippen LogP contribution in [0.15, 0.2) is 12.1 Å². The molecule has 0 amide bonds. The second-order valence-electron chi connectivity index (χ2n) is 5.15. The van der Waals surface area contributed by atoms with Crippen molar-refractivity contribution in [1.29, 1.82) is 0 Å². The van der Waals surface area contributed by atoms with Gasteiger partial charge in [-0.3, -0.25) is 0 Å². The Labute approximate surface area is 121 Å². The molecule has 2 heterocycles. The number of hydrogen-bond acceptors (Lipinski definition) is 3. The maximum absolute atomic E-state index is 13.6. The molecule has 1 aliphatic rings. The van der Waals surface area contributed by atoms with E-state index in [0.717, 1.165) is 25.9 Å². The maximum atomic E-state index is 13.6. The highest BCUT2D eigenvalue weighted by Crippen LogP contribution is 2.26. The van der Waals surface area contributed by atoms with Gasteiger partial charge in [0.05, 0.1) is 22.2 Å². The van der Waals surface area contributed by atoms with Gasteiger partial charge >= 0.3 is 0 Å². The van der Waals surface area contributed by atoms with Gasteiger partial charge in [-0.05, 0) is 31.7 Å². The Hall–Kier alpha value is -1.33. The first-order valence-electron chi connectivity index (χ1n) is 6.87. The lowest BCUT2D eigenvalue weighted by atomic mass is 10.1. The molecular weight excluding hydrogens is 281 g/mol. The molecule has 0 saturated carbocycles. The van der Waals surface area contributed by atoms with E-state index < -0.39 is 5.82 Å². The van der Waals surface area contributed by atoms with Crippen LogP contribution in [0.1, 0.15) is 25.7 Å². The van der Waals surface area contributed by atoms with Crippen LogP contribution in [-0.4, -0.2) is 22.3 Å². The van der Waals surface area contributed by atoms with Crippen molar-refractivity contribution in [2.45, 2.75) is 38.3 Å². The summed E-state index contributed by atoms with van der Waals surface area (Å²) in [5, 5.41) is 0.0674. The molecule has 2 aromatic rings. The largest absolute Gasteiger partial charge is 0.378 e. The molecular formula is C14H17ClFN3O. The zero-order chi connectivity index (χ0) is 14.1. The van der Waals surface area contributed by atoms with Crippen LogP contribution in [0.2, 0.25) is 5.02 Å². The summed E-state index contributed by atoms with van der Waals surface area (Å²) in [6.45, 7) is 1.50.